The molecule has 3 aromatic rings. The van der Waals surface area contributed by atoms with E-state index in [-0.39, 0.29) is 54.1 Å². The number of nitrogens with one attached hydrogen (secondary N) is 1. The summed E-state index contributed by atoms with van der Waals surface area (Å²) >= 11 is 0. The molecule has 2 aromatic carbocycles. The van der Waals surface area contributed by atoms with Crippen molar-refractivity contribution in [2.75, 3.05) is 26.2 Å². The molecule has 2 aliphatic heterocycles. The van der Waals surface area contributed by atoms with Gasteiger partial charge in [0, 0.05) is 49.7 Å². The van der Waals surface area contributed by atoms with Gasteiger partial charge in [0.15, 0.2) is 0 Å². The number of nitrogens with zero attached hydrogens (tertiary/aromatic N) is 4. The van der Waals surface area contributed by atoms with E-state index < -0.39 is 17.3 Å². The average Bonchev–Trinajstić information content (AvgIpc) is 3.81. The van der Waals surface area contributed by atoms with Crippen LogP contribution in [0, 0.1) is 5.82 Å². The summed E-state index contributed by atoms with van der Waals surface area (Å²) in [6.45, 7) is 18.7. The van der Waals surface area contributed by atoms with Crippen molar-refractivity contribution in [3.8, 4) is 11.4 Å². The second-order valence-corrected chi connectivity index (χ2v) is 15.1. The van der Waals surface area contributed by atoms with Crippen molar-refractivity contribution in [3.63, 3.8) is 0 Å². The first-order valence-electron chi connectivity index (χ1n) is 18.2. The van der Waals surface area contributed by atoms with Gasteiger partial charge in [-0.15, -0.1) is 0 Å². The van der Waals surface area contributed by atoms with E-state index in [0.29, 0.717) is 44.5 Å². The number of rotatable bonds is 10. The third kappa shape index (κ3) is 8.37. The van der Waals surface area contributed by atoms with Gasteiger partial charge >= 0.3 is 6.09 Å². The fourth-order valence-corrected chi connectivity index (χ4v) is 7.51. The Morgan fingerprint density at radius 3 is 2.60 bits per heavy atom. The standard InChI is InChI=1S/C41H50FN5O5/c1-8-11-30-26(4)34(32-13-10-9-12-31(30)32)23-47-22-28(21-36(47)25(2)3)43-39(48)33-15-14-27(20-35(33)42)38-44-37(52-45-38)24-50-29-16-18-46(19-17-29)40(49)51-41(5,6)7/h8-15,20,28-29,34,36H,2,16-19,21-24H2,1,3-7H3,(H,43,48)/b11-8-. The van der Waals surface area contributed by atoms with Crippen molar-refractivity contribution in [2.45, 2.75) is 97.1 Å². The Bertz CT molecular complexity index is 1870. The van der Waals surface area contributed by atoms with Gasteiger partial charge in [0.25, 0.3) is 11.8 Å². The highest BCUT2D eigenvalue weighted by atomic mass is 19.1. The normalized spacial score (nSPS) is 21.2. The number of ether oxygens (including phenoxy) is 2. The number of amides is 2. The molecule has 11 heteroatoms. The Hall–Kier alpha value is -4.61. The van der Waals surface area contributed by atoms with Crippen LogP contribution in [0.4, 0.5) is 9.18 Å². The van der Waals surface area contributed by atoms with E-state index in [1.54, 1.807) is 11.0 Å². The van der Waals surface area contributed by atoms with Gasteiger partial charge in [-0.2, -0.15) is 4.98 Å². The van der Waals surface area contributed by atoms with Crippen LogP contribution in [0.1, 0.15) is 94.1 Å². The van der Waals surface area contributed by atoms with Crippen LogP contribution in [0.2, 0.25) is 0 Å². The second kappa shape index (κ2) is 15.6. The molecule has 1 N–H and O–H groups in total. The summed E-state index contributed by atoms with van der Waals surface area (Å²) in [6.07, 6.45) is 5.90. The third-order valence-corrected chi connectivity index (χ3v) is 10.1. The van der Waals surface area contributed by atoms with Crippen molar-refractivity contribution < 1.29 is 28.0 Å². The molecule has 1 aliphatic carbocycles. The van der Waals surface area contributed by atoms with E-state index >= 15 is 4.39 Å². The maximum Gasteiger partial charge on any atom is 0.410 e. The lowest BCUT2D eigenvalue weighted by Gasteiger charge is -2.33. The van der Waals surface area contributed by atoms with Gasteiger partial charge < -0.3 is 24.2 Å². The third-order valence-electron chi connectivity index (χ3n) is 10.1. The van der Waals surface area contributed by atoms with Crippen LogP contribution in [-0.2, 0) is 16.1 Å². The number of piperidine rings is 1. The maximum absolute atomic E-state index is 15.4. The zero-order valence-corrected chi connectivity index (χ0v) is 31.1. The number of likely N-dealkylation sites (tertiary alicyclic amines) is 2. The summed E-state index contributed by atoms with van der Waals surface area (Å²) in [5.74, 6) is -0.427. The molecule has 0 radical (unpaired) electrons. The van der Waals surface area contributed by atoms with Gasteiger partial charge in [0.2, 0.25) is 5.82 Å². The van der Waals surface area contributed by atoms with Gasteiger partial charge in [-0.1, -0.05) is 65.4 Å². The van der Waals surface area contributed by atoms with Crippen LogP contribution < -0.4 is 5.32 Å². The molecule has 3 atom stereocenters. The van der Waals surface area contributed by atoms with Gasteiger partial charge in [0.05, 0.1) is 11.7 Å². The molecular weight excluding hydrogens is 661 g/mol. The number of hydrogen-bond acceptors (Lipinski definition) is 8. The number of hydrogen-bond donors (Lipinski definition) is 1. The van der Waals surface area contributed by atoms with Crippen molar-refractivity contribution >= 4 is 17.6 Å². The van der Waals surface area contributed by atoms with Crippen molar-refractivity contribution in [3.05, 3.63) is 101 Å². The zero-order valence-electron chi connectivity index (χ0n) is 31.1. The highest BCUT2D eigenvalue weighted by molar-refractivity contribution is 5.95. The fourth-order valence-electron chi connectivity index (χ4n) is 7.51. The number of carbonyl (C=O) groups is 2. The molecule has 0 bridgehead atoms. The monoisotopic (exact) mass is 711 g/mol. The summed E-state index contributed by atoms with van der Waals surface area (Å²) in [7, 11) is 0. The molecule has 52 heavy (non-hydrogen) atoms. The summed E-state index contributed by atoms with van der Waals surface area (Å²) in [5.41, 5.74) is 6.06. The van der Waals surface area contributed by atoms with Crippen LogP contribution in [-0.4, -0.2) is 81.9 Å². The Labute approximate surface area is 305 Å². The quantitative estimate of drug-likeness (QED) is 0.213. The smallest absolute Gasteiger partial charge is 0.410 e. The summed E-state index contributed by atoms with van der Waals surface area (Å²) in [4.78, 5) is 34.2. The lowest BCUT2D eigenvalue weighted by Crippen LogP contribution is -2.43. The molecule has 2 fully saturated rings. The Morgan fingerprint density at radius 1 is 1.15 bits per heavy atom. The van der Waals surface area contributed by atoms with Crippen LogP contribution >= 0.6 is 0 Å². The molecule has 276 valence electrons. The van der Waals surface area contributed by atoms with E-state index in [9.17, 15) is 9.59 Å². The first-order chi connectivity index (χ1) is 24.8. The number of benzene rings is 2. The van der Waals surface area contributed by atoms with Crippen molar-refractivity contribution in [1.82, 2.24) is 25.3 Å². The summed E-state index contributed by atoms with van der Waals surface area (Å²) < 4.78 is 32.2. The second-order valence-electron chi connectivity index (χ2n) is 15.1. The average molecular weight is 712 g/mol. The molecule has 6 rings (SSSR count). The fraction of sp³-hybridized carbons (Fsp3) is 0.463. The molecular formula is C41H50FN5O5. The molecule has 10 nitrogen and oxygen atoms in total. The van der Waals surface area contributed by atoms with Crippen LogP contribution in [0.15, 0.2) is 76.9 Å². The maximum atomic E-state index is 15.4. The predicted molar refractivity (Wildman–Crippen MR) is 198 cm³/mol. The zero-order chi connectivity index (χ0) is 37.2. The summed E-state index contributed by atoms with van der Waals surface area (Å²) in [5, 5.41) is 7.09. The minimum Gasteiger partial charge on any atom is -0.444 e. The lowest BCUT2D eigenvalue weighted by molar-refractivity contribution is -0.0231. The van der Waals surface area contributed by atoms with Gasteiger partial charge in [-0.3, -0.25) is 9.69 Å². The minimum atomic E-state index is -0.666. The molecule has 2 amide bonds. The molecule has 3 unspecified atom stereocenters. The molecule has 0 spiro atoms. The molecule has 3 aliphatic rings. The summed E-state index contributed by atoms with van der Waals surface area (Å²) in [6, 6.07) is 12.8. The van der Waals surface area contributed by atoms with Crippen LogP contribution in [0.3, 0.4) is 0 Å². The Morgan fingerprint density at radius 2 is 1.90 bits per heavy atom. The number of allylic oxidation sites excluding steroid dienone is 3. The minimum absolute atomic E-state index is 0.0432. The van der Waals surface area contributed by atoms with E-state index in [1.807, 2.05) is 34.6 Å². The Kier molecular flexibility index (Phi) is 11.1. The topological polar surface area (TPSA) is 110 Å². The highest BCUT2D eigenvalue weighted by Crippen LogP contribution is 2.43. The van der Waals surface area contributed by atoms with Gasteiger partial charge in [-0.25, -0.2) is 9.18 Å². The Balaban J connectivity index is 1.03. The first-order valence-corrected chi connectivity index (χ1v) is 18.2. The first kappa shape index (κ1) is 37.2. The van der Waals surface area contributed by atoms with E-state index in [4.69, 9.17) is 14.0 Å². The molecule has 0 saturated carbocycles. The van der Waals surface area contributed by atoms with E-state index in [2.05, 4.69) is 70.3 Å². The number of carbonyl (C=O) groups excluding carboxylic acids is 2. The number of aromatic nitrogens is 2. The van der Waals surface area contributed by atoms with Gasteiger partial charge in [0.1, 0.15) is 18.0 Å². The number of halogens is 1. The molecule has 2 saturated heterocycles. The lowest BCUT2D eigenvalue weighted by atomic mass is 9.95. The largest absolute Gasteiger partial charge is 0.444 e. The van der Waals surface area contributed by atoms with Gasteiger partial charge in [-0.05, 0) is 89.6 Å². The predicted octanol–water partition coefficient (Wildman–Crippen LogP) is 7.69. The van der Waals surface area contributed by atoms with Crippen LogP contribution in [0.5, 0.6) is 0 Å². The van der Waals surface area contributed by atoms with Crippen molar-refractivity contribution in [1.29, 1.82) is 0 Å². The van der Waals surface area contributed by atoms with E-state index in [0.717, 1.165) is 12.1 Å². The molecule has 3 heterocycles. The molecule has 1 aromatic heterocycles. The SMILES string of the molecule is C=C(C)C1CC(NC(=O)c2ccc(-c3noc(COC4CCN(C(=O)OC(C)(C)C)CC4)n3)cc2F)CN1CC1C(C)=C(/C=C\C)c2ccccc21. The number of fused-ring (bicyclic) bond motifs is 1. The van der Waals surface area contributed by atoms with Crippen molar-refractivity contribution in [2.24, 2.45) is 0 Å². The van der Waals surface area contributed by atoms with E-state index in [1.165, 1.54) is 34.4 Å². The van der Waals surface area contributed by atoms with Crippen LogP contribution in [0.25, 0.3) is 17.0 Å². The highest BCUT2D eigenvalue weighted by Gasteiger charge is 2.37.